The van der Waals surface area contributed by atoms with Gasteiger partial charge < -0.3 is 0 Å². The van der Waals surface area contributed by atoms with E-state index >= 15 is 0 Å². The molecule has 2 rings (SSSR count). The molecule has 2 aromatic carbocycles. The minimum atomic E-state index is -0.352. The first-order chi connectivity index (χ1) is 11.4. The maximum atomic E-state index is 6.33. The first kappa shape index (κ1) is 20.2. The van der Waals surface area contributed by atoms with E-state index in [0.717, 1.165) is 11.1 Å². The molecule has 2 aromatic rings. The third-order valence-corrected chi connectivity index (χ3v) is 4.59. The molecule has 25 heavy (non-hydrogen) atoms. The molecule has 0 amide bonds. The third-order valence-electron chi connectivity index (χ3n) is 4.59. The number of rotatable bonds is 2. The van der Waals surface area contributed by atoms with E-state index < -0.39 is 0 Å². The Morgan fingerprint density at radius 1 is 0.720 bits per heavy atom. The molecule has 0 aromatic heterocycles. The molecule has 0 N–H and O–H groups in total. The van der Waals surface area contributed by atoms with Gasteiger partial charge in [0.25, 0.3) is 0 Å². The van der Waals surface area contributed by atoms with Gasteiger partial charge in [-0.15, -0.1) is 16.4 Å². The van der Waals surface area contributed by atoms with Crippen molar-refractivity contribution in [2.24, 2.45) is 0 Å². The van der Waals surface area contributed by atoms with Crippen LogP contribution in [0.3, 0.4) is 0 Å². The van der Waals surface area contributed by atoms with Crippen molar-refractivity contribution >= 4 is 93.2 Å². The van der Waals surface area contributed by atoms with Gasteiger partial charge in [-0.2, -0.15) is 0 Å². The van der Waals surface area contributed by atoms with Gasteiger partial charge in [0.05, 0.1) is 0 Å². The van der Waals surface area contributed by atoms with Crippen LogP contribution in [0.1, 0.15) is 38.8 Å². The molecule has 0 aliphatic rings. The van der Waals surface area contributed by atoms with Crippen molar-refractivity contribution < 1.29 is 0 Å². The van der Waals surface area contributed by atoms with Crippen molar-refractivity contribution in [3.63, 3.8) is 0 Å². The molecule has 0 fully saturated rings. The summed E-state index contributed by atoms with van der Waals surface area (Å²) in [5, 5.41) is 0. The Hall–Kier alpha value is -1.11. The molecular formula is C18H15B7. The molecule has 14 radical (unpaired) electrons. The number of benzene rings is 2. The van der Waals surface area contributed by atoms with E-state index in [1.165, 1.54) is 0 Å². The lowest BCUT2D eigenvalue weighted by atomic mass is 9.58. The zero-order chi connectivity index (χ0) is 19.3. The Balaban J connectivity index is 3.04. The zero-order valence-electron chi connectivity index (χ0n) is 15.3. The topological polar surface area (TPSA) is 0 Å². The van der Waals surface area contributed by atoms with E-state index in [4.69, 9.17) is 54.9 Å². The van der Waals surface area contributed by atoms with Crippen LogP contribution in [-0.4, -0.2) is 54.9 Å². The smallest absolute Gasteiger partial charge is 0.111 e. The van der Waals surface area contributed by atoms with Crippen molar-refractivity contribution in [3.05, 3.63) is 17.2 Å². The van der Waals surface area contributed by atoms with E-state index in [2.05, 4.69) is 0 Å². The first-order valence-corrected chi connectivity index (χ1v) is 8.16. The first-order valence-electron chi connectivity index (χ1n) is 8.16. The fourth-order valence-corrected chi connectivity index (χ4v) is 3.27. The minimum absolute atomic E-state index is 0.233. The standard InChI is InChI=1S/C18H15B7/c1-5-7-9(19)6-8(13(21)12(7)20)10-11(18(2,3)4)15(23)17(25)16(24)14(10)22/h6H,5H2,1-4H3. The van der Waals surface area contributed by atoms with Crippen LogP contribution in [0.2, 0.25) is 0 Å². The molecule has 0 nitrogen and oxygen atoms in total. The summed E-state index contributed by atoms with van der Waals surface area (Å²) in [6, 6.07) is 1.78. The molecule has 0 heterocycles. The van der Waals surface area contributed by atoms with Crippen LogP contribution >= 0.6 is 0 Å². The van der Waals surface area contributed by atoms with Crippen molar-refractivity contribution in [1.29, 1.82) is 0 Å². The van der Waals surface area contributed by atoms with Crippen molar-refractivity contribution in [2.45, 2.75) is 39.5 Å². The van der Waals surface area contributed by atoms with Gasteiger partial charge >= 0.3 is 0 Å². The quantitative estimate of drug-likeness (QED) is 0.512. The van der Waals surface area contributed by atoms with E-state index in [-0.39, 0.29) is 16.3 Å². The van der Waals surface area contributed by atoms with Crippen molar-refractivity contribution in [3.8, 4) is 11.1 Å². The Kier molecular flexibility index (Phi) is 5.57. The van der Waals surface area contributed by atoms with Crippen LogP contribution in [0, 0.1) is 0 Å². The summed E-state index contributed by atoms with van der Waals surface area (Å²) in [5.74, 6) is 0. The van der Waals surface area contributed by atoms with Crippen LogP contribution in [0.4, 0.5) is 0 Å². The van der Waals surface area contributed by atoms with Gasteiger partial charge in [-0.05, 0) is 28.5 Å². The summed E-state index contributed by atoms with van der Waals surface area (Å²) in [4.78, 5) is 0. The van der Waals surface area contributed by atoms with Gasteiger partial charge in [0.2, 0.25) is 0 Å². The van der Waals surface area contributed by atoms with Crippen LogP contribution in [0.5, 0.6) is 0 Å². The van der Waals surface area contributed by atoms with Crippen molar-refractivity contribution in [2.75, 3.05) is 0 Å². The average Bonchev–Trinajstić information content (AvgIpc) is 2.51. The Labute approximate surface area is 161 Å². The highest BCUT2D eigenvalue weighted by Gasteiger charge is 2.25. The Morgan fingerprint density at radius 3 is 1.72 bits per heavy atom. The normalized spacial score (nSPS) is 11.7. The third kappa shape index (κ3) is 3.32. The molecule has 0 spiro atoms. The second-order valence-corrected chi connectivity index (χ2v) is 7.33. The average molecular weight is 307 g/mol. The highest BCUT2D eigenvalue weighted by Crippen LogP contribution is 2.28. The SMILES string of the molecule is [B]c1cc(-c2c([B])c([B])c([B])c([B])c2C(C)(C)C)c([B])c([B])c1CC. The lowest BCUT2D eigenvalue weighted by Crippen LogP contribution is -2.52. The van der Waals surface area contributed by atoms with Gasteiger partial charge in [-0.25, -0.2) is 0 Å². The second kappa shape index (κ2) is 6.90. The Morgan fingerprint density at radius 2 is 1.24 bits per heavy atom. The maximum Gasteiger partial charge on any atom is 0.114 e. The largest absolute Gasteiger partial charge is 0.114 e. The monoisotopic (exact) mass is 308 g/mol. The molecular weight excluding hydrogens is 292 g/mol. The molecule has 0 aliphatic heterocycles. The predicted octanol–water partition coefficient (Wildman–Crippen LogP) is -3.23. The van der Waals surface area contributed by atoms with Gasteiger partial charge in [0.15, 0.2) is 0 Å². The van der Waals surface area contributed by atoms with Crippen LogP contribution in [0.15, 0.2) is 6.07 Å². The van der Waals surface area contributed by atoms with Crippen LogP contribution < -0.4 is 38.2 Å². The molecule has 0 unspecified atom stereocenters. The van der Waals surface area contributed by atoms with Gasteiger partial charge in [-0.3, -0.25) is 0 Å². The summed E-state index contributed by atoms with van der Waals surface area (Å²) in [6.07, 6.45) is 0.676. The summed E-state index contributed by atoms with van der Waals surface area (Å²) in [6.45, 7) is 8.01. The summed E-state index contributed by atoms with van der Waals surface area (Å²) in [5.41, 5.74) is 5.12. The highest BCUT2D eigenvalue weighted by atomic mass is 14.3. The Bertz CT molecular complexity index is 848. The highest BCUT2D eigenvalue weighted by molar-refractivity contribution is 6.64. The summed E-state index contributed by atoms with van der Waals surface area (Å²) >= 11 is 0. The maximum absolute atomic E-state index is 6.33. The van der Waals surface area contributed by atoms with E-state index in [1.54, 1.807) is 6.07 Å². The second-order valence-electron chi connectivity index (χ2n) is 7.33. The fourth-order valence-electron chi connectivity index (χ4n) is 3.27. The fraction of sp³-hybridized carbons (Fsp3) is 0.333. The lowest BCUT2D eigenvalue weighted by molar-refractivity contribution is 0.596. The molecule has 0 saturated heterocycles. The van der Waals surface area contributed by atoms with Crippen LogP contribution in [0.25, 0.3) is 11.1 Å². The van der Waals surface area contributed by atoms with Crippen LogP contribution in [-0.2, 0) is 11.8 Å². The van der Waals surface area contributed by atoms with Gasteiger partial charge in [0, 0.05) is 0 Å². The molecule has 108 valence electrons. The molecule has 0 aliphatic carbocycles. The summed E-state index contributed by atoms with van der Waals surface area (Å²) < 4.78 is 0. The predicted molar refractivity (Wildman–Crippen MR) is 118 cm³/mol. The van der Waals surface area contributed by atoms with E-state index in [1.807, 2.05) is 27.7 Å². The van der Waals surface area contributed by atoms with E-state index in [0.29, 0.717) is 44.9 Å². The zero-order valence-corrected chi connectivity index (χ0v) is 15.3. The molecule has 7 heteroatoms. The van der Waals surface area contributed by atoms with E-state index in [9.17, 15) is 0 Å². The van der Waals surface area contributed by atoms with Gasteiger partial charge in [0.1, 0.15) is 54.9 Å². The molecule has 0 saturated carbocycles. The van der Waals surface area contributed by atoms with Gasteiger partial charge in [-0.1, -0.05) is 61.2 Å². The minimum Gasteiger partial charge on any atom is -0.111 e. The number of hydrogen-bond acceptors (Lipinski definition) is 0. The van der Waals surface area contributed by atoms with Crippen molar-refractivity contribution in [1.82, 2.24) is 0 Å². The molecule has 0 atom stereocenters. The lowest BCUT2D eigenvalue weighted by Gasteiger charge is -2.32. The number of hydrogen-bond donors (Lipinski definition) is 0. The summed E-state index contributed by atoms with van der Waals surface area (Å²) in [7, 11) is 43.5. The molecule has 0 bridgehead atoms.